The summed E-state index contributed by atoms with van der Waals surface area (Å²) in [5.41, 5.74) is -1.85. The molecule has 2 N–H and O–H groups in total. The summed E-state index contributed by atoms with van der Waals surface area (Å²) in [6.07, 6.45) is -1.17. The summed E-state index contributed by atoms with van der Waals surface area (Å²) in [7, 11) is -3.88. The number of amides is 1. The molecule has 10 nitrogen and oxygen atoms in total. The molecule has 0 spiro atoms. The van der Waals surface area contributed by atoms with Crippen LogP contribution in [0.15, 0.2) is 0 Å². The molecule has 0 saturated carbocycles. The number of nitrogens with one attached hydrogen (secondary N) is 1. The van der Waals surface area contributed by atoms with Crippen LogP contribution in [0.5, 0.6) is 0 Å². The normalized spacial score (nSPS) is 13.4. The highest BCUT2D eigenvalue weighted by atomic mass is 32.2. The predicted octanol–water partition coefficient (Wildman–Crippen LogP) is 0.769. The van der Waals surface area contributed by atoms with Crippen molar-refractivity contribution in [1.29, 1.82) is 0 Å². The van der Waals surface area contributed by atoms with E-state index in [2.05, 4.69) is 5.32 Å². The van der Waals surface area contributed by atoms with Gasteiger partial charge >= 0.3 is 11.9 Å². The molecule has 0 bridgehead atoms. The average molecular weight is 454 g/mol. The van der Waals surface area contributed by atoms with Crippen molar-refractivity contribution in [2.24, 2.45) is 10.8 Å². The first-order valence-corrected chi connectivity index (χ1v) is 11.3. The smallest absolute Gasteiger partial charge is 0.335 e. The molecule has 0 aliphatic rings. The van der Waals surface area contributed by atoms with Crippen molar-refractivity contribution in [3.63, 3.8) is 0 Å². The van der Waals surface area contributed by atoms with Crippen LogP contribution in [0, 0.1) is 10.8 Å². The average Bonchev–Trinajstić information content (AvgIpc) is 2.61. The topological polar surface area (TPSA) is 145 Å². The van der Waals surface area contributed by atoms with Crippen LogP contribution in [0.25, 0.3) is 0 Å². The van der Waals surface area contributed by atoms with Crippen LogP contribution in [0.3, 0.4) is 0 Å². The highest BCUT2D eigenvalue weighted by Gasteiger charge is 2.36. The van der Waals surface area contributed by atoms with E-state index in [-0.39, 0.29) is 50.2 Å². The van der Waals surface area contributed by atoms with Crippen LogP contribution in [-0.2, 0) is 38.2 Å². The van der Waals surface area contributed by atoms with Crippen LogP contribution in [-0.4, -0.2) is 69.6 Å². The van der Waals surface area contributed by atoms with E-state index in [0.717, 1.165) is 0 Å². The number of hydrogen-bond acceptors (Lipinski definition) is 9. The predicted molar refractivity (Wildman–Crippen MR) is 109 cm³/mol. The van der Waals surface area contributed by atoms with E-state index in [9.17, 15) is 27.9 Å². The van der Waals surface area contributed by atoms with Gasteiger partial charge in [-0.15, -0.1) is 0 Å². The van der Waals surface area contributed by atoms with Crippen LogP contribution in [0.4, 0.5) is 0 Å². The molecular formula is C19H35NO9S. The van der Waals surface area contributed by atoms with E-state index in [1.807, 2.05) is 0 Å². The fourth-order valence-electron chi connectivity index (χ4n) is 1.90. The number of aliphatic hydroxyl groups is 1. The maximum absolute atomic E-state index is 12.0. The molecule has 30 heavy (non-hydrogen) atoms. The molecule has 1 amide bonds. The Balaban J connectivity index is 4.33. The highest BCUT2D eigenvalue weighted by Crippen LogP contribution is 2.23. The Morgan fingerprint density at radius 2 is 1.57 bits per heavy atom. The minimum Gasteiger partial charge on any atom is -0.465 e. The van der Waals surface area contributed by atoms with Gasteiger partial charge in [-0.2, -0.15) is 8.42 Å². The molecule has 0 rings (SSSR count). The Bertz CT molecular complexity index is 681. The Morgan fingerprint density at radius 3 is 2.10 bits per heavy atom. The zero-order valence-corrected chi connectivity index (χ0v) is 19.5. The lowest BCUT2D eigenvalue weighted by molar-refractivity contribution is -0.162. The van der Waals surface area contributed by atoms with Gasteiger partial charge in [0.2, 0.25) is 5.91 Å². The van der Waals surface area contributed by atoms with Gasteiger partial charge in [-0.05, 0) is 27.2 Å². The lowest BCUT2D eigenvalue weighted by atomic mass is 9.88. The van der Waals surface area contributed by atoms with E-state index < -0.39 is 39.6 Å². The van der Waals surface area contributed by atoms with E-state index in [1.165, 1.54) is 20.8 Å². The molecule has 11 heteroatoms. The van der Waals surface area contributed by atoms with Gasteiger partial charge in [0.15, 0.2) is 6.10 Å². The first-order valence-electron chi connectivity index (χ1n) is 9.72. The summed E-state index contributed by atoms with van der Waals surface area (Å²) >= 11 is 0. The standard InChI is InChI=1S/C19H35NO9S/c1-14(21)20-9-7-12-30(25,26)29-13-19(5,6)15(22)16(23)27-10-8-11-28-17(24)18(2,3)4/h15,22H,7-13H2,1-6H3,(H,20,21)/t15-/m0/s1. The van der Waals surface area contributed by atoms with Crippen molar-refractivity contribution in [2.75, 3.05) is 32.1 Å². The van der Waals surface area contributed by atoms with Crippen LogP contribution in [0.2, 0.25) is 0 Å². The number of rotatable bonds is 13. The van der Waals surface area contributed by atoms with Gasteiger partial charge in [-0.25, -0.2) is 4.79 Å². The summed E-state index contributed by atoms with van der Waals surface area (Å²) in [6.45, 7) is 9.21. The molecule has 1 atom stereocenters. The highest BCUT2D eigenvalue weighted by molar-refractivity contribution is 7.86. The van der Waals surface area contributed by atoms with Crippen molar-refractivity contribution < 1.29 is 41.6 Å². The minimum absolute atomic E-state index is 0.0638. The summed E-state index contributed by atoms with van der Waals surface area (Å²) in [5.74, 6) is -1.86. The van der Waals surface area contributed by atoms with Gasteiger partial charge in [0, 0.05) is 25.3 Å². The number of ether oxygens (including phenoxy) is 2. The van der Waals surface area contributed by atoms with E-state index in [4.69, 9.17) is 13.7 Å². The van der Waals surface area contributed by atoms with Gasteiger partial charge in [0.25, 0.3) is 10.1 Å². The molecule has 0 heterocycles. The second-order valence-electron chi connectivity index (χ2n) is 8.66. The van der Waals surface area contributed by atoms with Crippen LogP contribution >= 0.6 is 0 Å². The first-order chi connectivity index (χ1) is 13.6. The molecule has 0 aliphatic heterocycles. The fraction of sp³-hybridized carbons (Fsp3) is 0.842. The molecule has 0 aliphatic carbocycles. The van der Waals surface area contributed by atoms with Crippen molar-refractivity contribution in [1.82, 2.24) is 5.32 Å². The molecular weight excluding hydrogens is 418 g/mol. The Labute approximate surface area is 178 Å². The van der Waals surface area contributed by atoms with Crippen molar-refractivity contribution in [3.05, 3.63) is 0 Å². The lowest BCUT2D eigenvalue weighted by Crippen LogP contribution is -2.41. The molecule has 176 valence electrons. The van der Waals surface area contributed by atoms with Gasteiger partial charge < -0.3 is 19.9 Å². The molecule has 0 aromatic carbocycles. The number of carbonyl (C=O) groups is 3. The third-order valence-electron chi connectivity index (χ3n) is 3.90. The van der Waals surface area contributed by atoms with Gasteiger partial charge in [0.1, 0.15) is 0 Å². The SMILES string of the molecule is CC(=O)NCCCS(=O)(=O)OCC(C)(C)[C@@H](O)C(=O)OCCCOC(=O)C(C)(C)C. The van der Waals surface area contributed by atoms with Crippen LogP contribution < -0.4 is 5.32 Å². The summed E-state index contributed by atoms with van der Waals surface area (Å²) < 4.78 is 38.7. The number of aliphatic hydroxyl groups excluding tert-OH is 1. The maximum Gasteiger partial charge on any atom is 0.335 e. The Morgan fingerprint density at radius 1 is 1.00 bits per heavy atom. The number of carbonyl (C=O) groups excluding carboxylic acids is 3. The van der Waals surface area contributed by atoms with Gasteiger partial charge in [-0.3, -0.25) is 13.8 Å². The monoisotopic (exact) mass is 453 g/mol. The van der Waals surface area contributed by atoms with E-state index in [0.29, 0.717) is 0 Å². The van der Waals surface area contributed by atoms with Gasteiger partial charge in [0.05, 0.1) is 31.0 Å². The fourth-order valence-corrected chi connectivity index (χ4v) is 3.00. The third-order valence-corrected chi connectivity index (χ3v) is 5.16. The minimum atomic E-state index is -3.88. The number of hydrogen-bond donors (Lipinski definition) is 2. The van der Waals surface area contributed by atoms with E-state index in [1.54, 1.807) is 20.8 Å². The second-order valence-corrected chi connectivity index (χ2v) is 10.4. The molecule has 0 saturated heterocycles. The lowest BCUT2D eigenvalue weighted by Gasteiger charge is -2.28. The largest absolute Gasteiger partial charge is 0.465 e. The molecule has 0 unspecified atom stereocenters. The molecule has 0 aromatic heterocycles. The molecule has 0 aromatic rings. The summed E-state index contributed by atoms with van der Waals surface area (Å²) in [6, 6.07) is 0. The molecule has 0 radical (unpaired) electrons. The second kappa shape index (κ2) is 12.2. The number of esters is 2. The van der Waals surface area contributed by atoms with Crippen LogP contribution in [0.1, 0.15) is 54.4 Å². The zero-order valence-electron chi connectivity index (χ0n) is 18.6. The quantitative estimate of drug-likeness (QED) is 0.234. The molecule has 0 fully saturated rings. The third kappa shape index (κ3) is 12.1. The van der Waals surface area contributed by atoms with Crippen molar-refractivity contribution >= 4 is 28.0 Å². The van der Waals surface area contributed by atoms with E-state index >= 15 is 0 Å². The summed E-state index contributed by atoms with van der Waals surface area (Å²) in [5, 5.41) is 12.7. The van der Waals surface area contributed by atoms with Crippen molar-refractivity contribution in [3.8, 4) is 0 Å². The zero-order chi connectivity index (χ0) is 23.6. The Kier molecular flexibility index (Phi) is 11.5. The first kappa shape index (κ1) is 28.3. The maximum atomic E-state index is 12.0. The van der Waals surface area contributed by atoms with Crippen molar-refractivity contribution in [2.45, 2.75) is 60.5 Å². The summed E-state index contributed by atoms with van der Waals surface area (Å²) in [4.78, 5) is 34.4. The van der Waals surface area contributed by atoms with Gasteiger partial charge in [-0.1, -0.05) is 13.8 Å². The Hall–Kier alpha value is -1.72.